The van der Waals surface area contributed by atoms with Crippen molar-refractivity contribution in [1.82, 2.24) is 10.3 Å². The van der Waals surface area contributed by atoms with Crippen molar-refractivity contribution in [2.75, 3.05) is 24.3 Å². The third kappa shape index (κ3) is 3.81. The van der Waals surface area contributed by atoms with Crippen LogP contribution in [0.3, 0.4) is 0 Å². The number of hydrogen-bond donors (Lipinski definition) is 3. The Kier molecular flexibility index (Phi) is 4.60. The van der Waals surface area contributed by atoms with Crippen LogP contribution in [0.15, 0.2) is 0 Å². The number of carbonyl (C=O) groups is 1. The summed E-state index contributed by atoms with van der Waals surface area (Å²) in [5.74, 6) is 0.149. The lowest BCUT2D eigenvalue weighted by Crippen LogP contribution is -2.38. The van der Waals surface area contributed by atoms with Gasteiger partial charge in [0.05, 0.1) is 0 Å². The summed E-state index contributed by atoms with van der Waals surface area (Å²) in [6.45, 7) is 5.42. The molecule has 1 fully saturated rings. The SMILES string of the molecule is CC(C)Nc1nc(N)c(C(=O)NC2CCOCC2)s1. The van der Waals surface area contributed by atoms with E-state index < -0.39 is 0 Å². The summed E-state index contributed by atoms with van der Waals surface area (Å²) in [6.07, 6.45) is 1.70. The molecule has 106 valence electrons. The Bertz CT molecular complexity index is 441. The number of anilines is 2. The number of nitrogen functional groups attached to an aromatic ring is 1. The van der Waals surface area contributed by atoms with Crippen molar-refractivity contribution in [1.29, 1.82) is 0 Å². The molecule has 0 unspecified atom stereocenters. The number of rotatable bonds is 4. The minimum atomic E-state index is -0.140. The summed E-state index contributed by atoms with van der Waals surface area (Å²) in [4.78, 5) is 16.8. The van der Waals surface area contributed by atoms with Gasteiger partial charge in [-0.15, -0.1) is 0 Å². The molecule has 1 aliphatic rings. The average molecular weight is 284 g/mol. The van der Waals surface area contributed by atoms with Gasteiger partial charge in [-0.3, -0.25) is 4.79 Å². The molecule has 1 aromatic rings. The van der Waals surface area contributed by atoms with E-state index in [1.165, 1.54) is 11.3 Å². The van der Waals surface area contributed by atoms with E-state index in [0.717, 1.165) is 12.8 Å². The fourth-order valence-electron chi connectivity index (χ4n) is 1.90. The normalized spacial score (nSPS) is 16.6. The number of nitrogens with zero attached hydrogens (tertiary/aromatic N) is 1. The molecule has 1 aromatic heterocycles. The van der Waals surface area contributed by atoms with Crippen LogP contribution in [0.1, 0.15) is 36.4 Å². The highest BCUT2D eigenvalue weighted by atomic mass is 32.1. The maximum atomic E-state index is 12.1. The summed E-state index contributed by atoms with van der Waals surface area (Å²) in [5, 5.41) is 6.82. The van der Waals surface area contributed by atoms with Crippen LogP contribution in [0.2, 0.25) is 0 Å². The molecule has 1 saturated heterocycles. The maximum Gasteiger partial charge on any atom is 0.265 e. The molecule has 1 amide bonds. The second-order valence-corrected chi connectivity index (χ2v) is 5.89. The quantitative estimate of drug-likeness (QED) is 0.779. The Morgan fingerprint density at radius 3 is 2.79 bits per heavy atom. The predicted molar refractivity (Wildman–Crippen MR) is 76.6 cm³/mol. The van der Waals surface area contributed by atoms with Crippen LogP contribution in [0, 0.1) is 0 Å². The van der Waals surface area contributed by atoms with Crippen LogP contribution in [-0.4, -0.2) is 36.2 Å². The standard InChI is InChI=1S/C12H20N4O2S/c1-7(2)14-12-16-10(13)9(19-12)11(17)15-8-3-5-18-6-4-8/h7-8H,3-6,13H2,1-2H3,(H,14,16)(H,15,17). The van der Waals surface area contributed by atoms with E-state index in [-0.39, 0.29) is 23.8 Å². The van der Waals surface area contributed by atoms with Gasteiger partial charge in [0.1, 0.15) is 10.7 Å². The van der Waals surface area contributed by atoms with Crippen molar-refractivity contribution >= 4 is 28.2 Å². The topological polar surface area (TPSA) is 89.3 Å². The average Bonchev–Trinajstić information content (AvgIpc) is 2.70. The minimum absolute atomic E-state index is 0.140. The number of nitrogens with two attached hydrogens (primary N) is 1. The smallest absolute Gasteiger partial charge is 0.265 e. The molecule has 6 nitrogen and oxygen atoms in total. The van der Waals surface area contributed by atoms with Crippen molar-refractivity contribution in [3.8, 4) is 0 Å². The van der Waals surface area contributed by atoms with E-state index in [1.54, 1.807) is 0 Å². The van der Waals surface area contributed by atoms with E-state index in [1.807, 2.05) is 13.8 Å². The van der Waals surface area contributed by atoms with Gasteiger partial charge in [-0.25, -0.2) is 4.98 Å². The Balaban J connectivity index is 1.99. The number of carbonyl (C=O) groups excluding carboxylic acids is 1. The molecular weight excluding hydrogens is 264 g/mol. The third-order valence-electron chi connectivity index (χ3n) is 2.83. The van der Waals surface area contributed by atoms with Crippen LogP contribution >= 0.6 is 11.3 Å². The molecule has 7 heteroatoms. The number of nitrogens with one attached hydrogen (secondary N) is 2. The Morgan fingerprint density at radius 1 is 1.47 bits per heavy atom. The fourth-order valence-corrected chi connectivity index (χ4v) is 2.83. The van der Waals surface area contributed by atoms with Crippen LogP contribution in [-0.2, 0) is 4.74 Å². The molecule has 4 N–H and O–H groups in total. The minimum Gasteiger partial charge on any atom is -0.382 e. The van der Waals surface area contributed by atoms with Crippen molar-refractivity contribution in [3.05, 3.63) is 4.88 Å². The molecule has 0 aliphatic carbocycles. The highest BCUT2D eigenvalue weighted by molar-refractivity contribution is 7.18. The molecule has 1 aliphatic heterocycles. The Labute approximate surface area is 116 Å². The van der Waals surface area contributed by atoms with Crippen molar-refractivity contribution in [3.63, 3.8) is 0 Å². The second-order valence-electron chi connectivity index (χ2n) is 4.89. The molecule has 2 heterocycles. The van der Waals surface area contributed by atoms with Gasteiger partial charge in [0.2, 0.25) is 0 Å². The van der Waals surface area contributed by atoms with Crippen molar-refractivity contribution < 1.29 is 9.53 Å². The van der Waals surface area contributed by atoms with Crippen LogP contribution in [0.4, 0.5) is 10.9 Å². The lowest BCUT2D eigenvalue weighted by molar-refractivity contribution is 0.0698. The number of hydrogen-bond acceptors (Lipinski definition) is 6. The molecular formula is C12H20N4O2S. The van der Waals surface area contributed by atoms with Gasteiger partial charge in [0, 0.05) is 25.3 Å². The maximum absolute atomic E-state index is 12.1. The lowest BCUT2D eigenvalue weighted by atomic mass is 10.1. The summed E-state index contributed by atoms with van der Waals surface area (Å²) >= 11 is 1.29. The van der Waals surface area contributed by atoms with E-state index in [0.29, 0.717) is 23.2 Å². The number of aromatic nitrogens is 1. The zero-order chi connectivity index (χ0) is 13.8. The molecule has 0 aromatic carbocycles. The lowest BCUT2D eigenvalue weighted by Gasteiger charge is -2.22. The largest absolute Gasteiger partial charge is 0.382 e. The number of amides is 1. The zero-order valence-corrected chi connectivity index (χ0v) is 12.0. The molecule has 0 spiro atoms. The van der Waals surface area contributed by atoms with E-state index in [2.05, 4.69) is 15.6 Å². The van der Waals surface area contributed by atoms with Crippen molar-refractivity contribution in [2.24, 2.45) is 0 Å². The van der Waals surface area contributed by atoms with Gasteiger partial charge >= 0.3 is 0 Å². The first-order valence-corrected chi connectivity index (χ1v) is 7.29. The van der Waals surface area contributed by atoms with Gasteiger partial charge in [-0.2, -0.15) is 0 Å². The first kappa shape index (κ1) is 14.1. The van der Waals surface area contributed by atoms with Gasteiger partial charge in [-0.05, 0) is 26.7 Å². The van der Waals surface area contributed by atoms with Gasteiger partial charge in [-0.1, -0.05) is 11.3 Å². The number of thiazole rings is 1. The Hall–Kier alpha value is -1.34. The Morgan fingerprint density at radius 2 is 2.16 bits per heavy atom. The first-order chi connectivity index (χ1) is 9.06. The predicted octanol–water partition coefficient (Wildman–Crippen LogP) is 1.45. The van der Waals surface area contributed by atoms with E-state index in [4.69, 9.17) is 10.5 Å². The van der Waals surface area contributed by atoms with Gasteiger partial charge < -0.3 is 21.1 Å². The van der Waals surface area contributed by atoms with Gasteiger partial charge in [0.25, 0.3) is 5.91 Å². The van der Waals surface area contributed by atoms with E-state index in [9.17, 15) is 4.79 Å². The molecule has 0 saturated carbocycles. The van der Waals surface area contributed by atoms with Crippen LogP contribution in [0.5, 0.6) is 0 Å². The van der Waals surface area contributed by atoms with Crippen LogP contribution in [0.25, 0.3) is 0 Å². The summed E-state index contributed by atoms with van der Waals surface area (Å²) in [7, 11) is 0. The molecule has 0 atom stereocenters. The monoisotopic (exact) mass is 284 g/mol. The molecule has 19 heavy (non-hydrogen) atoms. The highest BCUT2D eigenvalue weighted by Gasteiger charge is 2.21. The van der Waals surface area contributed by atoms with Crippen LogP contribution < -0.4 is 16.4 Å². The summed E-state index contributed by atoms with van der Waals surface area (Å²) in [5.41, 5.74) is 5.80. The second kappa shape index (κ2) is 6.21. The number of ether oxygens (including phenoxy) is 1. The zero-order valence-electron chi connectivity index (χ0n) is 11.2. The molecule has 2 rings (SSSR count). The highest BCUT2D eigenvalue weighted by Crippen LogP contribution is 2.25. The molecule has 0 radical (unpaired) electrons. The summed E-state index contributed by atoms with van der Waals surface area (Å²) < 4.78 is 5.26. The van der Waals surface area contributed by atoms with E-state index >= 15 is 0 Å². The van der Waals surface area contributed by atoms with Gasteiger partial charge in [0.15, 0.2) is 5.13 Å². The summed E-state index contributed by atoms with van der Waals surface area (Å²) in [6, 6.07) is 0.432. The van der Waals surface area contributed by atoms with Crippen molar-refractivity contribution in [2.45, 2.75) is 38.8 Å². The first-order valence-electron chi connectivity index (χ1n) is 6.47. The fraction of sp³-hybridized carbons (Fsp3) is 0.667. The molecule has 0 bridgehead atoms. The third-order valence-corrected chi connectivity index (χ3v) is 3.83.